The maximum atomic E-state index is 12.9. The summed E-state index contributed by atoms with van der Waals surface area (Å²) < 4.78 is 87.8. The van der Waals surface area contributed by atoms with Gasteiger partial charge in [0, 0.05) is 5.46 Å². The third kappa shape index (κ3) is 3.77. The second kappa shape index (κ2) is 6.29. The molecule has 9 heteroatoms. The third-order valence-corrected chi connectivity index (χ3v) is 3.10. The molecule has 0 fully saturated rings. The van der Waals surface area contributed by atoms with Gasteiger partial charge in [-0.2, -0.15) is 26.3 Å². The maximum Gasteiger partial charge on any atom is 0.632 e. The molecule has 24 heavy (non-hydrogen) atoms. The van der Waals surface area contributed by atoms with Crippen LogP contribution in [0.25, 0.3) is 0 Å². The van der Waals surface area contributed by atoms with Crippen molar-refractivity contribution in [3.63, 3.8) is 0 Å². The van der Waals surface area contributed by atoms with Gasteiger partial charge in [-0.3, -0.25) is 0 Å². The SMILES string of the molecule is C=CC1=C(/C=C\C)OB(c2cc(C(F)(F)F)cc(C(F)(F)F)c2)O1. The first-order valence-corrected chi connectivity index (χ1v) is 6.68. The number of benzene rings is 1. The molecule has 0 aliphatic carbocycles. The number of hydrogen-bond donors (Lipinski definition) is 0. The summed E-state index contributed by atoms with van der Waals surface area (Å²) in [6.07, 6.45) is -5.56. The van der Waals surface area contributed by atoms with Crippen molar-refractivity contribution in [2.24, 2.45) is 0 Å². The Labute approximate surface area is 134 Å². The van der Waals surface area contributed by atoms with Gasteiger partial charge in [0.25, 0.3) is 0 Å². The fourth-order valence-corrected chi connectivity index (χ4v) is 2.04. The first-order chi connectivity index (χ1) is 11.1. The van der Waals surface area contributed by atoms with Crippen LogP contribution in [-0.2, 0) is 21.7 Å². The molecule has 0 spiro atoms. The van der Waals surface area contributed by atoms with E-state index in [0.29, 0.717) is 12.1 Å². The van der Waals surface area contributed by atoms with E-state index in [0.717, 1.165) is 0 Å². The Hall–Kier alpha value is -2.32. The summed E-state index contributed by atoms with van der Waals surface area (Å²) in [4.78, 5) is 0. The Balaban J connectivity index is 2.46. The molecule has 2 rings (SSSR count). The predicted molar refractivity (Wildman–Crippen MR) is 76.0 cm³/mol. The smallest absolute Gasteiger partial charge is 0.519 e. The summed E-state index contributed by atoms with van der Waals surface area (Å²) in [5, 5.41) is 0. The molecule has 0 saturated carbocycles. The summed E-state index contributed by atoms with van der Waals surface area (Å²) in [5.41, 5.74) is -3.26. The molecular formula is C15H11BF6O2. The van der Waals surface area contributed by atoms with E-state index in [-0.39, 0.29) is 17.6 Å². The fourth-order valence-electron chi connectivity index (χ4n) is 2.04. The number of allylic oxidation sites excluding steroid dienone is 3. The molecule has 0 saturated heterocycles. The van der Waals surface area contributed by atoms with Crippen molar-refractivity contribution in [2.75, 3.05) is 0 Å². The molecule has 1 aromatic rings. The van der Waals surface area contributed by atoms with E-state index in [9.17, 15) is 26.3 Å². The van der Waals surface area contributed by atoms with Crippen LogP contribution >= 0.6 is 0 Å². The minimum absolute atomic E-state index is 0.0488. The monoisotopic (exact) mass is 348 g/mol. The van der Waals surface area contributed by atoms with Crippen LogP contribution in [0.2, 0.25) is 0 Å². The lowest BCUT2D eigenvalue weighted by molar-refractivity contribution is -0.142. The summed E-state index contributed by atoms with van der Waals surface area (Å²) in [7, 11) is -1.42. The second-order valence-electron chi connectivity index (χ2n) is 4.84. The Kier molecular flexibility index (Phi) is 4.73. The Morgan fingerprint density at radius 2 is 1.42 bits per heavy atom. The summed E-state index contributed by atoms with van der Waals surface area (Å²) in [6.45, 7) is 5.12. The van der Waals surface area contributed by atoms with E-state index in [1.54, 1.807) is 13.0 Å². The second-order valence-corrected chi connectivity index (χ2v) is 4.84. The zero-order valence-electron chi connectivity index (χ0n) is 12.3. The van der Waals surface area contributed by atoms with Crippen LogP contribution in [0, 0.1) is 0 Å². The van der Waals surface area contributed by atoms with Gasteiger partial charge < -0.3 is 9.31 Å². The van der Waals surface area contributed by atoms with E-state index < -0.39 is 36.1 Å². The van der Waals surface area contributed by atoms with E-state index in [2.05, 4.69) is 6.58 Å². The van der Waals surface area contributed by atoms with Gasteiger partial charge in [0.05, 0.1) is 11.1 Å². The summed E-state index contributed by atoms with van der Waals surface area (Å²) in [5.74, 6) is 0.299. The van der Waals surface area contributed by atoms with Gasteiger partial charge in [-0.1, -0.05) is 12.7 Å². The zero-order chi connectivity index (χ0) is 18.1. The third-order valence-electron chi connectivity index (χ3n) is 3.10. The average molecular weight is 348 g/mol. The Morgan fingerprint density at radius 3 is 1.83 bits per heavy atom. The number of hydrogen-bond acceptors (Lipinski definition) is 2. The van der Waals surface area contributed by atoms with Gasteiger partial charge >= 0.3 is 19.5 Å². The molecule has 1 aromatic carbocycles. The van der Waals surface area contributed by atoms with Crippen LogP contribution in [-0.4, -0.2) is 7.12 Å². The van der Waals surface area contributed by atoms with Crippen molar-refractivity contribution >= 4 is 12.6 Å². The first kappa shape index (κ1) is 18.0. The maximum absolute atomic E-state index is 12.9. The van der Waals surface area contributed by atoms with Crippen molar-refractivity contribution < 1.29 is 35.7 Å². The molecule has 0 N–H and O–H groups in total. The molecule has 0 unspecified atom stereocenters. The van der Waals surface area contributed by atoms with Crippen LogP contribution < -0.4 is 5.46 Å². The summed E-state index contributed by atoms with van der Waals surface area (Å²) >= 11 is 0. The standard InChI is InChI=1S/C15H11BF6O2/c1-3-5-13-12(4-2)23-16(24-13)11-7-9(14(17,18)19)6-10(8-11)15(20,21)22/h3-8H,2H2,1H3/b5-3-. The molecule has 1 aliphatic rings. The number of alkyl halides is 6. The predicted octanol–water partition coefficient (Wildman–Crippen LogP) is 4.44. The van der Waals surface area contributed by atoms with Gasteiger partial charge in [0.1, 0.15) is 11.5 Å². The lowest BCUT2D eigenvalue weighted by Gasteiger charge is -2.15. The van der Waals surface area contributed by atoms with E-state index in [1.807, 2.05) is 0 Å². The lowest BCUT2D eigenvalue weighted by Crippen LogP contribution is -2.34. The van der Waals surface area contributed by atoms with Gasteiger partial charge in [0.15, 0.2) is 0 Å². The minimum Gasteiger partial charge on any atom is -0.519 e. The Morgan fingerprint density at radius 1 is 0.917 bits per heavy atom. The molecule has 2 nitrogen and oxygen atoms in total. The average Bonchev–Trinajstić information content (AvgIpc) is 2.88. The summed E-state index contributed by atoms with van der Waals surface area (Å²) in [6, 6.07) is 1.19. The first-order valence-electron chi connectivity index (χ1n) is 6.68. The van der Waals surface area contributed by atoms with Crippen molar-refractivity contribution in [3.8, 4) is 0 Å². The largest absolute Gasteiger partial charge is 0.632 e. The van der Waals surface area contributed by atoms with Crippen LogP contribution in [0.15, 0.2) is 54.5 Å². The molecule has 0 bridgehead atoms. The lowest BCUT2D eigenvalue weighted by atomic mass is 9.77. The molecule has 0 amide bonds. The normalized spacial score (nSPS) is 15.7. The minimum atomic E-state index is -4.94. The molecule has 0 radical (unpaired) electrons. The quantitative estimate of drug-likeness (QED) is 0.594. The number of halogens is 6. The van der Waals surface area contributed by atoms with Crippen molar-refractivity contribution in [1.29, 1.82) is 0 Å². The molecule has 1 aliphatic heterocycles. The highest BCUT2D eigenvalue weighted by molar-refractivity contribution is 6.62. The van der Waals surface area contributed by atoms with Gasteiger partial charge in [0.2, 0.25) is 0 Å². The van der Waals surface area contributed by atoms with Crippen molar-refractivity contribution in [3.05, 3.63) is 65.7 Å². The van der Waals surface area contributed by atoms with E-state index in [4.69, 9.17) is 9.31 Å². The van der Waals surface area contributed by atoms with Crippen LogP contribution in [0.3, 0.4) is 0 Å². The molecule has 1 heterocycles. The Bertz CT molecular complexity index is 671. The van der Waals surface area contributed by atoms with E-state index in [1.165, 1.54) is 12.2 Å². The van der Waals surface area contributed by atoms with Gasteiger partial charge in [-0.25, -0.2) is 0 Å². The highest BCUT2D eigenvalue weighted by atomic mass is 19.4. The van der Waals surface area contributed by atoms with E-state index >= 15 is 0 Å². The highest BCUT2D eigenvalue weighted by Crippen LogP contribution is 2.35. The molecule has 128 valence electrons. The molecular weight excluding hydrogens is 337 g/mol. The van der Waals surface area contributed by atoms with Crippen LogP contribution in [0.1, 0.15) is 18.1 Å². The molecule has 0 aromatic heterocycles. The van der Waals surface area contributed by atoms with Crippen LogP contribution in [0.5, 0.6) is 0 Å². The van der Waals surface area contributed by atoms with Gasteiger partial charge in [-0.15, -0.1) is 0 Å². The molecule has 0 atom stereocenters. The van der Waals surface area contributed by atoms with Crippen molar-refractivity contribution in [2.45, 2.75) is 19.3 Å². The highest BCUT2D eigenvalue weighted by Gasteiger charge is 2.41. The topological polar surface area (TPSA) is 18.5 Å². The zero-order valence-corrected chi connectivity index (χ0v) is 12.3. The fraction of sp³-hybridized carbons (Fsp3) is 0.200. The van der Waals surface area contributed by atoms with Crippen molar-refractivity contribution in [1.82, 2.24) is 0 Å². The van der Waals surface area contributed by atoms with Crippen LogP contribution in [0.4, 0.5) is 26.3 Å². The number of rotatable bonds is 3. The van der Waals surface area contributed by atoms with Gasteiger partial charge in [-0.05, 0) is 37.3 Å².